The van der Waals surface area contributed by atoms with Gasteiger partial charge in [0.15, 0.2) is 0 Å². The SMILES string of the molecule is COC(=O)N1CCCN(C(=O)Cc2ccc(C3CCCCC3)cc2)CC1. The van der Waals surface area contributed by atoms with Gasteiger partial charge in [-0.25, -0.2) is 4.79 Å². The van der Waals surface area contributed by atoms with E-state index in [1.165, 1.54) is 44.8 Å². The normalized spacial score (nSPS) is 19.1. The Balaban J connectivity index is 1.53. The first-order valence-corrected chi connectivity index (χ1v) is 9.87. The number of ether oxygens (including phenoxy) is 1. The molecule has 1 aromatic carbocycles. The van der Waals surface area contributed by atoms with Crippen LogP contribution in [0.5, 0.6) is 0 Å². The zero-order valence-corrected chi connectivity index (χ0v) is 15.8. The van der Waals surface area contributed by atoms with Crippen molar-refractivity contribution in [1.29, 1.82) is 0 Å². The van der Waals surface area contributed by atoms with E-state index in [-0.39, 0.29) is 12.0 Å². The van der Waals surface area contributed by atoms with Crippen molar-refractivity contribution in [1.82, 2.24) is 9.80 Å². The quantitative estimate of drug-likeness (QED) is 0.830. The van der Waals surface area contributed by atoms with Crippen molar-refractivity contribution < 1.29 is 14.3 Å². The molecule has 5 nitrogen and oxygen atoms in total. The van der Waals surface area contributed by atoms with Crippen LogP contribution in [0.15, 0.2) is 24.3 Å². The summed E-state index contributed by atoms with van der Waals surface area (Å²) < 4.78 is 4.78. The molecule has 26 heavy (non-hydrogen) atoms. The standard InChI is InChI=1S/C21H30N2O3/c1-26-21(25)23-13-5-12-22(14-15-23)20(24)16-17-8-10-19(11-9-17)18-6-3-2-4-7-18/h8-11,18H,2-7,12-16H2,1H3. The first-order valence-electron chi connectivity index (χ1n) is 9.87. The van der Waals surface area contributed by atoms with Crippen LogP contribution in [0.25, 0.3) is 0 Å². The highest BCUT2D eigenvalue weighted by Gasteiger charge is 2.22. The molecule has 5 heteroatoms. The number of hydrogen-bond donors (Lipinski definition) is 0. The highest BCUT2D eigenvalue weighted by atomic mass is 16.5. The van der Waals surface area contributed by atoms with Gasteiger partial charge in [0.25, 0.3) is 0 Å². The van der Waals surface area contributed by atoms with Crippen molar-refractivity contribution in [2.45, 2.75) is 50.9 Å². The van der Waals surface area contributed by atoms with Crippen LogP contribution < -0.4 is 0 Å². The fourth-order valence-corrected chi connectivity index (χ4v) is 4.11. The number of carbonyl (C=O) groups excluding carboxylic acids is 2. The Hall–Kier alpha value is -2.04. The maximum Gasteiger partial charge on any atom is 0.409 e. The maximum atomic E-state index is 12.6. The van der Waals surface area contributed by atoms with Crippen molar-refractivity contribution >= 4 is 12.0 Å². The number of nitrogens with zero attached hydrogens (tertiary/aromatic N) is 2. The van der Waals surface area contributed by atoms with Crippen LogP contribution in [0.3, 0.4) is 0 Å². The number of rotatable bonds is 3. The smallest absolute Gasteiger partial charge is 0.409 e. The monoisotopic (exact) mass is 358 g/mol. The Kier molecular flexibility index (Phi) is 6.53. The summed E-state index contributed by atoms with van der Waals surface area (Å²) >= 11 is 0. The molecule has 1 heterocycles. The van der Waals surface area contributed by atoms with Gasteiger partial charge in [-0.15, -0.1) is 0 Å². The molecular weight excluding hydrogens is 328 g/mol. The second-order valence-corrected chi connectivity index (χ2v) is 7.44. The van der Waals surface area contributed by atoms with Crippen LogP contribution in [0, 0.1) is 0 Å². The summed E-state index contributed by atoms with van der Waals surface area (Å²) in [5.41, 5.74) is 2.49. The summed E-state index contributed by atoms with van der Waals surface area (Å²) in [5.74, 6) is 0.838. The highest BCUT2D eigenvalue weighted by Crippen LogP contribution is 2.32. The van der Waals surface area contributed by atoms with Crippen molar-refractivity contribution in [2.24, 2.45) is 0 Å². The van der Waals surface area contributed by atoms with Gasteiger partial charge in [0, 0.05) is 26.2 Å². The molecule has 0 unspecified atom stereocenters. The Labute approximate surface area is 156 Å². The molecule has 1 saturated heterocycles. The zero-order valence-electron chi connectivity index (χ0n) is 15.8. The van der Waals surface area contributed by atoms with Crippen LogP contribution in [-0.2, 0) is 16.0 Å². The van der Waals surface area contributed by atoms with E-state index in [2.05, 4.69) is 24.3 Å². The molecule has 0 N–H and O–H groups in total. The van der Waals surface area contributed by atoms with E-state index < -0.39 is 0 Å². The number of methoxy groups -OCH3 is 1. The molecule has 2 fully saturated rings. The molecule has 1 aliphatic heterocycles. The lowest BCUT2D eigenvalue weighted by molar-refractivity contribution is -0.130. The summed E-state index contributed by atoms with van der Waals surface area (Å²) in [7, 11) is 1.40. The van der Waals surface area contributed by atoms with E-state index in [0.717, 1.165) is 12.0 Å². The number of amides is 2. The first-order chi connectivity index (χ1) is 12.7. The van der Waals surface area contributed by atoms with Crippen LogP contribution in [0.2, 0.25) is 0 Å². The number of carbonyl (C=O) groups is 2. The van der Waals surface area contributed by atoms with Crippen molar-refractivity contribution in [3.8, 4) is 0 Å². The Bertz CT molecular complexity index is 608. The molecule has 0 aromatic heterocycles. The van der Waals surface area contributed by atoms with Gasteiger partial charge >= 0.3 is 6.09 Å². The second-order valence-electron chi connectivity index (χ2n) is 7.44. The van der Waals surface area contributed by atoms with Gasteiger partial charge in [-0.1, -0.05) is 43.5 Å². The third-order valence-corrected chi connectivity index (χ3v) is 5.69. The first kappa shape index (κ1) is 18.7. The van der Waals surface area contributed by atoms with Gasteiger partial charge in [-0.3, -0.25) is 4.79 Å². The average molecular weight is 358 g/mol. The predicted octanol–water partition coefficient (Wildman–Crippen LogP) is 3.58. The third-order valence-electron chi connectivity index (χ3n) is 5.69. The Morgan fingerprint density at radius 1 is 0.923 bits per heavy atom. The summed E-state index contributed by atoms with van der Waals surface area (Å²) in [6.07, 6.45) is 7.55. The minimum Gasteiger partial charge on any atom is -0.453 e. The molecule has 0 bridgehead atoms. The van der Waals surface area contributed by atoms with E-state index in [4.69, 9.17) is 4.74 Å². The van der Waals surface area contributed by atoms with Gasteiger partial charge in [-0.2, -0.15) is 0 Å². The van der Waals surface area contributed by atoms with E-state index >= 15 is 0 Å². The number of benzene rings is 1. The van der Waals surface area contributed by atoms with Crippen molar-refractivity contribution in [3.63, 3.8) is 0 Å². The molecular formula is C21H30N2O3. The molecule has 2 amide bonds. The van der Waals surface area contributed by atoms with Crippen molar-refractivity contribution in [2.75, 3.05) is 33.3 Å². The lowest BCUT2D eigenvalue weighted by Gasteiger charge is -2.23. The predicted molar refractivity (Wildman–Crippen MR) is 101 cm³/mol. The van der Waals surface area contributed by atoms with Gasteiger partial charge < -0.3 is 14.5 Å². The summed E-state index contributed by atoms with van der Waals surface area (Å²) in [4.78, 5) is 27.8. The lowest BCUT2D eigenvalue weighted by Crippen LogP contribution is -2.37. The fraction of sp³-hybridized carbons (Fsp3) is 0.619. The topological polar surface area (TPSA) is 49.9 Å². The van der Waals surface area contributed by atoms with E-state index in [0.29, 0.717) is 38.5 Å². The van der Waals surface area contributed by atoms with Crippen LogP contribution in [0.1, 0.15) is 55.6 Å². The van der Waals surface area contributed by atoms with Crippen LogP contribution in [0.4, 0.5) is 4.79 Å². The largest absolute Gasteiger partial charge is 0.453 e. The summed E-state index contributed by atoms with van der Waals surface area (Å²) in [6, 6.07) is 8.64. The molecule has 0 spiro atoms. The second kappa shape index (κ2) is 9.06. The minimum absolute atomic E-state index is 0.141. The highest BCUT2D eigenvalue weighted by molar-refractivity contribution is 5.79. The molecule has 2 aliphatic rings. The van der Waals surface area contributed by atoms with Gasteiger partial charge in [0.2, 0.25) is 5.91 Å². The van der Waals surface area contributed by atoms with Gasteiger partial charge in [0.05, 0.1) is 13.5 Å². The van der Waals surface area contributed by atoms with E-state index in [1.807, 2.05) is 4.90 Å². The molecule has 1 aromatic rings. The Morgan fingerprint density at radius 2 is 1.58 bits per heavy atom. The fourth-order valence-electron chi connectivity index (χ4n) is 4.11. The molecule has 1 saturated carbocycles. The Morgan fingerprint density at radius 3 is 2.27 bits per heavy atom. The molecule has 3 rings (SSSR count). The molecule has 1 aliphatic carbocycles. The number of hydrogen-bond acceptors (Lipinski definition) is 3. The van der Waals surface area contributed by atoms with Crippen LogP contribution in [-0.4, -0.2) is 55.1 Å². The molecule has 0 atom stereocenters. The van der Waals surface area contributed by atoms with Gasteiger partial charge in [-0.05, 0) is 36.3 Å². The summed E-state index contributed by atoms with van der Waals surface area (Å²) in [5, 5.41) is 0. The third kappa shape index (κ3) is 4.77. The minimum atomic E-state index is -0.308. The molecule has 0 radical (unpaired) electrons. The van der Waals surface area contributed by atoms with E-state index in [1.54, 1.807) is 4.90 Å². The van der Waals surface area contributed by atoms with Crippen LogP contribution >= 0.6 is 0 Å². The van der Waals surface area contributed by atoms with E-state index in [9.17, 15) is 9.59 Å². The lowest BCUT2D eigenvalue weighted by atomic mass is 9.84. The molecule has 142 valence electrons. The average Bonchev–Trinajstić information content (AvgIpc) is 2.95. The summed E-state index contributed by atoms with van der Waals surface area (Å²) in [6.45, 7) is 2.46. The zero-order chi connectivity index (χ0) is 18.4. The van der Waals surface area contributed by atoms with Crippen molar-refractivity contribution in [3.05, 3.63) is 35.4 Å². The van der Waals surface area contributed by atoms with Gasteiger partial charge in [0.1, 0.15) is 0 Å². The maximum absolute atomic E-state index is 12.6.